The molecule has 4 heterocycles. The summed E-state index contributed by atoms with van der Waals surface area (Å²) in [4.78, 5) is 4.30. The van der Waals surface area contributed by atoms with Crippen molar-refractivity contribution in [2.24, 2.45) is 5.92 Å². The number of rotatable bonds is 1. The fraction of sp³-hybridized carbons (Fsp3) is 0.294. The number of nitrogens with zero attached hydrogens (tertiary/aromatic N) is 4. The Labute approximate surface area is 138 Å². The van der Waals surface area contributed by atoms with Crippen LogP contribution in [0.1, 0.15) is 29.8 Å². The number of benzene rings is 1. The van der Waals surface area contributed by atoms with E-state index in [1.165, 1.54) is 11.1 Å². The van der Waals surface area contributed by atoms with Crippen LogP contribution in [0.4, 0.5) is 0 Å². The largest absolute Gasteiger partial charge is 0.386 e. The van der Waals surface area contributed by atoms with Gasteiger partial charge in [0.2, 0.25) is 0 Å². The Balaban J connectivity index is 1.65. The highest BCUT2D eigenvalue weighted by Crippen LogP contribution is 2.49. The number of imidazole rings is 1. The van der Waals surface area contributed by atoms with Crippen molar-refractivity contribution in [1.29, 1.82) is 0 Å². The molecule has 0 spiro atoms. The molecule has 5 nitrogen and oxygen atoms in total. The van der Waals surface area contributed by atoms with Crippen LogP contribution in [0.15, 0.2) is 43.0 Å². The summed E-state index contributed by atoms with van der Waals surface area (Å²) >= 11 is 6.24. The van der Waals surface area contributed by atoms with Gasteiger partial charge in [0.1, 0.15) is 6.10 Å². The van der Waals surface area contributed by atoms with E-state index in [1.54, 1.807) is 6.20 Å². The summed E-state index contributed by atoms with van der Waals surface area (Å²) in [5, 5.41) is 15.8. The Morgan fingerprint density at radius 2 is 2.09 bits per heavy atom. The third-order valence-corrected chi connectivity index (χ3v) is 5.41. The predicted octanol–water partition coefficient (Wildman–Crippen LogP) is 3.06. The Morgan fingerprint density at radius 3 is 3.00 bits per heavy atom. The zero-order valence-electron chi connectivity index (χ0n) is 12.3. The lowest BCUT2D eigenvalue weighted by Gasteiger charge is -2.34. The number of hydrogen-bond acceptors (Lipinski definition) is 3. The molecule has 116 valence electrons. The van der Waals surface area contributed by atoms with E-state index in [0.29, 0.717) is 5.02 Å². The zero-order chi connectivity index (χ0) is 15.6. The molecule has 0 saturated heterocycles. The molecule has 0 bridgehead atoms. The lowest BCUT2D eigenvalue weighted by Crippen LogP contribution is -2.31. The monoisotopic (exact) mass is 326 g/mol. The van der Waals surface area contributed by atoms with Crippen molar-refractivity contribution >= 4 is 11.6 Å². The van der Waals surface area contributed by atoms with E-state index in [1.807, 2.05) is 23.3 Å². The van der Waals surface area contributed by atoms with Gasteiger partial charge in [0, 0.05) is 18.0 Å². The molecule has 6 heteroatoms. The molecule has 0 aliphatic carbocycles. The zero-order valence-corrected chi connectivity index (χ0v) is 13.1. The number of aliphatic hydroxyl groups is 1. The highest BCUT2D eigenvalue weighted by atomic mass is 35.5. The van der Waals surface area contributed by atoms with E-state index >= 15 is 0 Å². The van der Waals surface area contributed by atoms with Crippen molar-refractivity contribution in [2.75, 3.05) is 0 Å². The minimum absolute atomic E-state index is 0.0494. The van der Waals surface area contributed by atoms with Crippen molar-refractivity contribution in [2.45, 2.75) is 25.1 Å². The molecule has 3 aromatic rings. The van der Waals surface area contributed by atoms with Gasteiger partial charge in [-0.3, -0.25) is 4.68 Å². The van der Waals surface area contributed by atoms with Crippen LogP contribution in [0.5, 0.6) is 0 Å². The molecule has 2 unspecified atom stereocenters. The molecule has 0 saturated carbocycles. The van der Waals surface area contributed by atoms with Crippen molar-refractivity contribution in [3.05, 3.63) is 59.3 Å². The van der Waals surface area contributed by atoms with Crippen LogP contribution in [0.25, 0.3) is 11.3 Å². The topological polar surface area (TPSA) is 55.9 Å². The van der Waals surface area contributed by atoms with Crippen molar-refractivity contribution < 1.29 is 5.11 Å². The minimum atomic E-state index is -0.634. The first kappa shape index (κ1) is 13.3. The molecule has 1 N–H and O–H groups in total. The number of aromatic nitrogens is 4. The second-order valence-corrected chi connectivity index (χ2v) is 6.62. The van der Waals surface area contributed by atoms with Crippen LogP contribution < -0.4 is 0 Å². The molecule has 2 aliphatic rings. The van der Waals surface area contributed by atoms with Crippen LogP contribution in [0.2, 0.25) is 5.02 Å². The molecule has 3 atom stereocenters. The van der Waals surface area contributed by atoms with Gasteiger partial charge in [-0.1, -0.05) is 35.9 Å². The van der Waals surface area contributed by atoms with E-state index in [4.69, 9.17) is 11.6 Å². The number of aryl methyl sites for hydroxylation is 1. The Morgan fingerprint density at radius 1 is 1.22 bits per heavy atom. The summed E-state index contributed by atoms with van der Waals surface area (Å²) in [6.45, 7) is 0.770. The first-order valence-electron chi connectivity index (χ1n) is 7.76. The van der Waals surface area contributed by atoms with Gasteiger partial charge in [-0.05, 0) is 12.0 Å². The van der Waals surface area contributed by atoms with Crippen LogP contribution in [0, 0.1) is 5.92 Å². The minimum Gasteiger partial charge on any atom is -0.386 e. The number of fused-ring (bicyclic) bond motifs is 4. The molecular formula is C17H15ClN4O. The van der Waals surface area contributed by atoms with Crippen LogP contribution in [-0.2, 0) is 6.54 Å². The maximum atomic E-state index is 11.0. The average molecular weight is 327 g/mol. The van der Waals surface area contributed by atoms with E-state index in [9.17, 15) is 5.11 Å². The quantitative estimate of drug-likeness (QED) is 0.747. The maximum Gasteiger partial charge on any atom is 0.102 e. The summed E-state index contributed by atoms with van der Waals surface area (Å²) in [6.07, 6.45) is 5.59. The fourth-order valence-electron chi connectivity index (χ4n) is 4.12. The standard InChI is InChI=1S/C17H15ClN4O/c18-13-7-20-22-6-5-12(17(23)16(13)22)15-11-4-2-1-3-10(11)14-8-19-9-21(14)15/h1-4,7-9,12,15,17,23H,5-6H2/t12?,15-,17?/m1/s1. The molecule has 23 heavy (non-hydrogen) atoms. The Kier molecular flexibility index (Phi) is 2.72. The van der Waals surface area contributed by atoms with E-state index in [2.05, 4.69) is 32.8 Å². The summed E-state index contributed by atoms with van der Waals surface area (Å²) in [6, 6.07) is 8.45. The van der Waals surface area contributed by atoms with Crippen LogP contribution in [-0.4, -0.2) is 24.4 Å². The van der Waals surface area contributed by atoms with Gasteiger partial charge in [-0.25, -0.2) is 4.98 Å². The molecule has 1 aromatic carbocycles. The molecule has 2 aromatic heterocycles. The summed E-state index contributed by atoms with van der Waals surface area (Å²) in [5.74, 6) is 0.0494. The molecule has 2 aliphatic heterocycles. The summed E-state index contributed by atoms with van der Waals surface area (Å²) in [7, 11) is 0. The third kappa shape index (κ3) is 1.72. The SMILES string of the molecule is OC1c2c(Cl)cnn2CCC1[C@H]1c2ccccc2-c2cncn21. The molecule has 0 amide bonds. The first-order valence-corrected chi connectivity index (χ1v) is 8.14. The van der Waals surface area contributed by atoms with Gasteiger partial charge in [-0.15, -0.1) is 0 Å². The Bertz CT molecular complexity index is 900. The lowest BCUT2D eigenvalue weighted by atomic mass is 9.83. The van der Waals surface area contributed by atoms with Crippen molar-refractivity contribution in [3.8, 4) is 11.3 Å². The van der Waals surface area contributed by atoms with Gasteiger partial charge < -0.3 is 9.67 Å². The van der Waals surface area contributed by atoms with Gasteiger partial charge in [0.25, 0.3) is 0 Å². The van der Waals surface area contributed by atoms with Gasteiger partial charge in [0.05, 0.1) is 41.2 Å². The molecular weight excluding hydrogens is 312 g/mol. The third-order valence-electron chi connectivity index (χ3n) is 5.12. The first-order chi connectivity index (χ1) is 11.3. The molecule has 0 fully saturated rings. The van der Waals surface area contributed by atoms with E-state index in [0.717, 1.165) is 24.4 Å². The number of halogens is 1. The molecule has 0 radical (unpaired) electrons. The predicted molar refractivity (Wildman–Crippen MR) is 86.1 cm³/mol. The molecule has 5 rings (SSSR count). The highest BCUT2D eigenvalue weighted by Gasteiger charge is 2.41. The van der Waals surface area contributed by atoms with Gasteiger partial charge >= 0.3 is 0 Å². The van der Waals surface area contributed by atoms with Crippen molar-refractivity contribution in [3.63, 3.8) is 0 Å². The number of aliphatic hydroxyl groups excluding tert-OH is 1. The summed E-state index contributed by atoms with van der Waals surface area (Å²) in [5.41, 5.74) is 4.29. The smallest absolute Gasteiger partial charge is 0.102 e. The maximum absolute atomic E-state index is 11.0. The van der Waals surface area contributed by atoms with Gasteiger partial charge in [0.15, 0.2) is 0 Å². The van der Waals surface area contributed by atoms with Crippen LogP contribution in [0.3, 0.4) is 0 Å². The second kappa shape index (κ2) is 4.69. The number of hydrogen-bond donors (Lipinski definition) is 1. The highest BCUT2D eigenvalue weighted by molar-refractivity contribution is 6.31. The average Bonchev–Trinajstić information content (AvgIpc) is 3.23. The normalized spacial score (nSPS) is 25.0. The van der Waals surface area contributed by atoms with E-state index < -0.39 is 6.10 Å². The van der Waals surface area contributed by atoms with Crippen LogP contribution >= 0.6 is 11.6 Å². The second-order valence-electron chi connectivity index (χ2n) is 6.22. The van der Waals surface area contributed by atoms with Crippen molar-refractivity contribution in [1.82, 2.24) is 19.3 Å². The lowest BCUT2D eigenvalue weighted by molar-refractivity contribution is 0.0526. The van der Waals surface area contributed by atoms with Gasteiger partial charge in [-0.2, -0.15) is 5.10 Å². The summed E-state index contributed by atoms with van der Waals surface area (Å²) < 4.78 is 4.00. The van der Waals surface area contributed by atoms with E-state index in [-0.39, 0.29) is 12.0 Å². The Hall–Kier alpha value is -2.11. The fourth-order valence-corrected chi connectivity index (χ4v) is 4.37.